The molecule has 0 unspecified atom stereocenters. The Morgan fingerprint density at radius 2 is 1.97 bits per heavy atom. The summed E-state index contributed by atoms with van der Waals surface area (Å²) in [5, 5.41) is 10.0. The van der Waals surface area contributed by atoms with Crippen molar-refractivity contribution in [3.05, 3.63) is 62.5 Å². The third-order valence-electron chi connectivity index (χ3n) is 4.81. The second-order valence-corrected chi connectivity index (χ2v) is 8.73. The average molecular weight is 526 g/mol. The highest BCUT2D eigenvalue weighted by molar-refractivity contribution is 7.13. The molecular weight excluding hydrogens is 511 g/mol. The van der Waals surface area contributed by atoms with Crippen molar-refractivity contribution < 1.29 is 27.6 Å². The van der Waals surface area contributed by atoms with Crippen molar-refractivity contribution in [1.82, 2.24) is 25.6 Å². The number of carbonyl (C=O) groups excluding carboxylic acids is 3. The molecule has 3 heterocycles. The Hall–Kier alpha value is -3.78. The molecule has 0 radical (unpaired) electrons. The van der Waals surface area contributed by atoms with E-state index in [4.69, 9.17) is 11.6 Å². The van der Waals surface area contributed by atoms with E-state index in [1.165, 1.54) is 12.3 Å². The van der Waals surface area contributed by atoms with Crippen LogP contribution in [0.1, 0.15) is 49.3 Å². The molecule has 2 aromatic heterocycles. The van der Waals surface area contributed by atoms with E-state index >= 15 is 0 Å². The lowest BCUT2D eigenvalue weighted by Crippen LogP contribution is -2.37. The lowest BCUT2D eigenvalue weighted by Gasteiger charge is -2.19. The number of aromatic nitrogens is 3. The molecule has 1 aliphatic heterocycles. The zero-order valence-electron chi connectivity index (χ0n) is 17.7. The zero-order valence-corrected chi connectivity index (χ0v) is 19.2. The van der Waals surface area contributed by atoms with Gasteiger partial charge in [0.1, 0.15) is 27.7 Å². The third-order valence-corrected chi connectivity index (χ3v) is 6.32. The summed E-state index contributed by atoms with van der Waals surface area (Å²) in [5.41, 5.74) is -0.679. The van der Waals surface area contributed by atoms with Crippen molar-refractivity contribution in [2.45, 2.75) is 25.7 Å². The Labute approximate surface area is 204 Å². The molecule has 4 amide bonds. The second kappa shape index (κ2) is 9.46. The van der Waals surface area contributed by atoms with Crippen LogP contribution in [0, 0.1) is 0 Å². The van der Waals surface area contributed by atoms with Crippen LogP contribution in [0.15, 0.2) is 30.7 Å². The van der Waals surface area contributed by atoms with Crippen LogP contribution in [-0.2, 0) is 12.7 Å². The van der Waals surface area contributed by atoms with E-state index in [-0.39, 0.29) is 28.6 Å². The van der Waals surface area contributed by atoms with Crippen LogP contribution in [0.2, 0.25) is 5.02 Å². The number of amides is 4. The minimum absolute atomic E-state index is 0.0621. The number of alkyl halides is 3. The maximum absolute atomic E-state index is 13.0. The van der Waals surface area contributed by atoms with Crippen LogP contribution < -0.4 is 21.3 Å². The number of hydrogen-bond acceptors (Lipinski definition) is 7. The molecule has 0 bridgehead atoms. The Balaban J connectivity index is 1.44. The molecule has 0 fully saturated rings. The van der Waals surface area contributed by atoms with Crippen LogP contribution in [0.25, 0.3) is 0 Å². The fourth-order valence-corrected chi connectivity index (χ4v) is 4.18. The molecule has 182 valence electrons. The summed E-state index contributed by atoms with van der Waals surface area (Å²) in [7, 11) is 0. The maximum Gasteiger partial charge on any atom is 0.417 e. The summed E-state index contributed by atoms with van der Waals surface area (Å²) < 4.78 is 39.1. The second-order valence-electron chi connectivity index (χ2n) is 7.26. The van der Waals surface area contributed by atoms with Gasteiger partial charge in [-0.05, 0) is 25.1 Å². The van der Waals surface area contributed by atoms with Gasteiger partial charge >= 0.3 is 12.2 Å². The van der Waals surface area contributed by atoms with E-state index in [1.54, 1.807) is 6.92 Å². The molecule has 15 heteroatoms. The molecule has 4 rings (SSSR count). The normalized spacial score (nSPS) is 13.8. The van der Waals surface area contributed by atoms with Crippen molar-refractivity contribution in [3.63, 3.8) is 0 Å². The summed E-state index contributed by atoms with van der Waals surface area (Å²) in [6.07, 6.45) is -2.27. The number of hydrogen-bond donors (Lipinski definition) is 4. The van der Waals surface area contributed by atoms with E-state index in [2.05, 4.69) is 36.2 Å². The first-order chi connectivity index (χ1) is 16.5. The molecule has 0 spiro atoms. The molecule has 1 aliphatic rings. The highest BCUT2D eigenvalue weighted by atomic mass is 35.5. The van der Waals surface area contributed by atoms with Crippen LogP contribution in [0.3, 0.4) is 0 Å². The number of anilines is 2. The molecule has 0 saturated heterocycles. The topological polar surface area (TPSA) is 138 Å². The third kappa shape index (κ3) is 5.33. The fraction of sp³-hybridized carbons (Fsp3) is 0.200. The van der Waals surface area contributed by atoms with Gasteiger partial charge in [-0.2, -0.15) is 13.2 Å². The Morgan fingerprint density at radius 3 is 2.71 bits per heavy atom. The van der Waals surface area contributed by atoms with Gasteiger partial charge in [0, 0.05) is 11.3 Å². The van der Waals surface area contributed by atoms with E-state index in [0.29, 0.717) is 10.6 Å². The van der Waals surface area contributed by atoms with E-state index in [9.17, 15) is 27.6 Å². The Morgan fingerprint density at radius 1 is 1.20 bits per heavy atom. The van der Waals surface area contributed by atoms with Crippen molar-refractivity contribution in [1.29, 1.82) is 0 Å². The largest absolute Gasteiger partial charge is 0.417 e. The van der Waals surface area contributed by atoms with Crippen LogP contribution >= 0.6 is 22.9 Å². The van der Waals surface area contributed by atoms with Crippen molar-refractivity contribution in [2.24, 2.45) is 0 Å². The Kier molecular flexibility index (Phi) is 6.58. The molecule has 0 aliphatic carbocycles. The number of carbonyl (C=O) groups is 3. The van der Waals surface area contributed by atoms with Gasteiger partial charge in [-0.3, -0.25) is 14.9 Å². The van der Waals surface area contributed by atoms with Gasteiger partial charge in [-0.15, -0.1) is 11.3 Å². The fourth-order valence-electron chi connectivity index (χ4n) is 3.14. The van der Waals surface area contributed by atoms with E-state index < -0.39 is 40.6 Å². The zero-order chi connectivity index (χ0) is 25.3. The molecule has 3 aromatic rings. The number of benzene rings is 1. The average Bonchev–Trinajstić information content (AvgIpc) is 3.29. The van der Waals surface area contributed by atoms with Crippen molar-refractivity contribution in [2.75, 3.05) is 10.6 Å². The van der Waals surface area contributed by atoms with Gasteiger partial charge in [-0.25, -0.2) is 19.7 Å². The molecule has 1 aromatic carbocycles. The van der Waals surface area contributed by atoms with Gasteiger partial charge in [0.05, 0.1) is 29.4 Å². The van der Waals surface area contributed by atoms with Gasteiger partial charge in [-0.1, -0.05) is 11.6 Å². The minimum atomic E-state index is -4.67. The maximum atomic E-state index is 13.0. The number of fused-ring (bicyclic) bond motifs is 1. The molecular formula is C20H15ClF3N7O3S. The molecule has 0 saturated carbocycles. The summed E-state index contributed by atoms with van der Waals surface area (Å²) in [5.74, 6) is -0.990. The van der Waals surface area contributed by atoms with Gasteiger partial charge in [0.2, 0.25) is 0 Å². The lowest BCUT2D eigenvalue weighted by atomic mass is 10.1. The van der Waals surface area contributed by atoms with Gasteiger partial charge in [0.25, 0.3) is 11.8 Å². The van der Waals surface area contributed by atoms with E-state index in [1.807, 2.05) is 0 Å². The smallest absolute Gasteiger partial charge is 0.342 e. The first kappa shape index (κ1) is 24.3. The van der Waals surface area contributed by atoms with Crippen molar-refractivity contribution >= 4 is 52.3 Å². The number of thiazole rings is 1. The highest BCUT2D eigenvalue weighted by Gasteiger charge is 2.33. The molecule has 10 nitrogen and oxygen atoms in total. The quantitative estimate of drug-likeness (QED) is 0.397. The van der Waals surface area contributed by atoms with E-state index in [0.717, 1.165) is 29.8 Å². The lowest BCUT2D eigenvalue weighted by molar-refractivity contribution is -0.137. The van der Waals surface area contributed by atoms with Gasteiger partial charge < -0.3 is 16.0 Å². The number of rotatable bonds is 5. The van der Waals surface area contributed by atoms with Crippen molar-refractivity contribution in [3.8, 4) is 0 Å². The summed E-state index contributed by atoms with van der Waals surface area (Å²) in [6, 6.07) is 1.96. The SMILES string of the molecule is C[C@@H](NC(=O)c1ncnc2c1CNC(=O)N2)c1ncc(C(=O)Nc2ccc(Cl)c(C(F)(F)F)c2)s1. The summed E-state index contributed by atoms with van der Waals surface area (Å²) in [6.45, 7) is 1.71. The monoisotopic (exact) mass is 525 g/mol. The van der Waals surface area contributed by atoms with Crippen LogP contribution in [0.4, 0.5) is 29.5 Å². The predicted octanol–water partition coefficient (Wildman–Crippen LogP) is 3.98. The van der Waals surface area contributed by atoms with Gasteiger partial charge in [0.15, 0.2) is 0 Å². The standard InChI is InChI=1S/C20H15ClF3N7O3S/c1-8(29-17(33)14-10-5-26-19(34)31-15(10)28-7-27-14)18-25-6-13(35-18)16(32)30-9-2-3-12(21)11(4-9)20(22,23)24/h2-4,6-8H,5H2,1H3,(H,29,33)(H,30,32)(H2,26,27,28,31,34)/t8-/m1/s1. The Bertz CT molecular complexity index is 1330. The minimum Gasteiger partial charge on any atom is -0.342 e. The first-order valence-corrected chi connectivity index (χ1v) is 11.1. The summed E-state index contributed by atoms with van der Waals surface area (Å²) >= 11 is 6.56. The van der Waals surface area contributed by atoms with Crippen LogP contribution in [0.5, 0.6) is 0 Å². The first-order valence-electron chi connectivity index (χ1n) is 9.86. The highest BCUT2D eigenvalue weighted by Crippen LogP contribution is 2.36. The number of nitrogens with zero attached hydrogens (tertiary/aromatic N) is 3. The predicted molar refractivity (Wildman–Crippen MR) is 120 cm³/mol. The molecule has 1 atom stereocenters. The number of urea groups is 1. The molecule has 4 N–H and O–H groups in total. The number of halogens is 4. The van der Waals surface area contributed by atoms with Crippen LogP contribution in [-0.4, -0.2) is 32.8 Å². The number of nitrogens with one attached hydrogen (secondary N) is 4. The summed E-state index contributed by atoms with van der Waals surface area (Å²) in [4.78, 5) is 48.9. The molecule has 35 heavy (non-hydrogen) atoms.